The monoisotopic (exact) mass is 255 g/mol. The van der Waals surface area contributed by atoms with E-state index in [1.165, 1.54) is 0 Å². The molecule has 1 N–H and O–H groups in total. The molecule has 0 aromatic heterocycles. The SMILES string of the molecule is CC(C)CC(CC(C)C)OC(=O)C1CCC(=O)N1. The van der Waals surface area contributed by atoms with E-state index in [0.29, 0.717) is 24.7 Å². The van der Waals surface area contributed by atoms with Crippen molar-refractivity contribution in [2.75, 3.05) is 0 Å². The van der Waals surface area contributed by atoms with Crippen LogP contribution in [-0.4, -0.2) is 24.0 Å². The van der Waals surface area contributed by atoms with E-state index in [-0.39, 0.29) is 18.0 Å². The van der Waals surface area contributed by atoms with Gasteiger partial charge >= 0.3 is 5.97 Å². The van der Waals surface area contributed by atoms with Crippen molar-refractivity contribution < 1.29 is 14.3 Å². The molecule has 1 aliphatic rings. The number of ether oxygens (including phenoxy) is 1. The highest BCUT2D eigenvalue weighted by Crippen LogP contribution is 2.18. The van der Waals surface area contributed by atoms with Gasteiger partial charge in [0.15, 0.2) is 0 Å². The minimum Gasteiger partial charge on any atom is -0.461 e. The van der Waals surface area contributed by atoms with Crippen LogP contribution in [0.3, 0.4) is 0 Å². The van der Waals surface area contributed by atoms with Gasteiger partial charge < -0.3 is 10.1 Å². The van der Waals surface area contributed by atoms with Crippen LogP contribution in [0.5, 0.6) is 0 Å². The Bertz CT molecular complexity index is 289. The molecule has 104 valence electrons. The van der Waals surface area contributed by atoms with Gasteiger partial charge in [-0.3, -0.25) is 4.79 Å². The molecule has 0 aliphatic carbocycles. The van der Waals surface area contributed by atoms with E-state index in [1.807, 2.05) is 0 Å². The van der Waals surface area contributed by atoms with E-state index in [2.05, 4.69) is 33.0 Å². The van der Waals surface area contributed by atoms with E-state index in [0.717, 1.165) is 12.8 Å². The zero-order valence-corrected chi connectivity index (χ0v) is 11.9. The fourth-order valence-corrected chi connectivity index (χ4v) is 2.28. The van der Waals surface area contributed by atoms with E-state index < -0.39 is 6.04 Å². The standard InChI is InChI=1S/C14H25NO3/c1-9(2)7-11(8-10(3)4)18-14(17)12-5-6-13(16)15-12/h9-12H,5-8H2,1-4H3,(H,15,16). The third-order valence-corrected chi connectivity index (χ3v) is 3.03. The first-order valence-corrected chi connectivity index (χ1v) is 6.88. The Morgan fingerprint density at radius 1 is 1.28 bits per heavy atom. The van der Waals surface area contributed by atoms with Gasteiger partial charge in [0.1, 0.15) is 12.1 Å². The number of nitrogens with one attached hydrogen (secondary N) is 1. The van der Waals surface area contributed by atoms with Gasteiger partial charge in [-0.1, -0.05) is 27.7 Å². The molecular weight excluding hydrogens is 230 g/mol. The third-order valence-electron chi connectivity index (χ3n) is 3.03. The number of esters is 1. The Labute approximate surface area is 109 Å². The summed E-state index contributed by atoms with van der Waals surface area (Å²) in [5, 5.41) is 2.65. The Hall–Kier alpha value is -1.06. The van der Waals surface area contributed by atoms with Gasteiger partial charge in [-0.25, -0.2) is 4.79 Å². The number of carbonyl (C=O) groups excluding carboxylic acids is 2. The quantitative estimate of drug-likeness (QED) is 0.741. The van der Waals surface area contributed by atoms with Gasteiger partial charge in [0.25, 0.3) is 0 Å². The number of carbonyl (C=O) groups is 2. The molecule has 0 aromatic rings. The predicted molar refractivity (Wildman–Crippen MR) is 70.0 cm³/mol. The van der Waals surface area contributed by atoms with Crippen LogP contribution in [0.25, 0.3) is 0 Å². The lowest BCUT2D eigenvalue weighted by Gasteiger charge is -2.23. The van der Waals surface area contributed by atoms with Gasteiger partial charge in [-0.15, -0.1) is 0 Å². The lowest BCUT2D eigenvalue weighted by atomic mass is 9.98. The molecular formula is C14H25NO3. The maximum Gasteiger partial charge on any atom is 0.328 e. The highest BCUT2D eigenvalue weighted by Gasteiger charge is 2.30. The van der Waals surface area contributed by atoms with Crippen LogP contribution in [0.1, 0.15) is 53.4 Å². The first kappa shape index (κ1) is 15.0. The molecule has 0 bridgehead atoms. The van der Waals surface area contributed by atoms with Crippen molar-refractivity contribution in [1.29, 1.82) is 0 Å². The largest absolute Gasteiger partial charge is 0.461 e. The normalized spacial score (nSPS) is 19.7. The highest BCUT2D eigenvalue weighted by molar-refractivity contribution is 5.88. The smallest absolute Gasteiger partial charge is 0.328 e. The molecule has 0 radical (unpaired) electrons. The van der Waals surface area contributed by atoms with Gasteiger partial charge in [0, 0.05) is 6.42 Å². The zero-order valence-electron chi connectivity index (χ0n) is 11.9. The summed E-state index contributed by atoms with van der Waals surface area (Å²) in [6.07, 6.45) is 2.72. The Kier molecular flexibility index (Phi) is 5.63. The number of hydrogen-bond donors (Lipinski definition) is 1. The summed E-state index contributed by atoms with van der Waals surface area (Å²) in [7, 11) is 0. The molecule has 4 nitrogen and oxygen atoms in total. The predicted octanol–water partition coefficient (Wildman–Crippen LogP) is 2.27. The topological polar surface area (TPSA) is 55.4 Å². The summed E-state index contributed by atoms with van der Waals surface area (Å²) in [5.41, 5.74) is 0. The Balaban J connectivity index is 2.48. The fourth-order valence-electron chi connectivity index (χ4n) is 2.28. The van der Waals surface area contributed by atoms with Crippen molar-refractivity contribution in [1.82, 2.24) is 5.32 Å². The minimum atomic E-state index is -0.431. The maximum absolute atomic E-state index is 11.9. The number of rotatable bonds is 6. The average molecular weight is 255 g/mol. The summed E-state index contributed by atoms with van der Waals surface area (Å²) in [5.74, 6) is 0.674. The van der Waals surface area contributed by atoms with Crippen molar-refractivity contribution in [3.63, 3.8) is 0 Å². The van der Waals surface area contributed by atoms with E-state index in [9.17, 15) is 9.59 Å². The first-order chi connectivity index (χ1) is 8.38. The molecule has 0 spiro atoms. The Morgan fingerprint density at radius 2 is 1.83 bits per heavy atom. The molecule has 1 unspecified atom stereocenters. The Morgan fingerprint density at radius 3 is 2.22 bits per heavy atom. The van der Waals surface area contributed by atoms with E-state index in [1.54, 1.807) is 0 Å². The lowest BCUT2D eigenvalue weighted by Crippen LogP contribution is -2.37. The molecule has 4 heteroatoms. The second-order valence-electron chi connectivity index (χ2n) is 5.98. The van der Waals surface area contributed by atoms with E-state index >= 15 is 0 Å². The average Bonchev–Trinajstić information content (AvgIpc) is 2.62. The van der Waals surface area contributed by atoms with Crippen LogP contribution in [-0.2, 0) is 14.3 Å². The van der Waals surface area contributed by atoms with E-state index in [4.69, 9.17) is 4.74 Å². The van der Waals surface area contributed by atoms with Gasteiger partial charge in [-0.2, -0.15) is 0 Å². The molecule has 1 rings (SSSR count). The van der Waals surface area contributed by atoms with Crippen molar-refractivity contribution >= 4 is 11.9 Å². The van der Waals surface area contributed by atoms with Gasteiger partial charge in [-0.05, 0) is 31.1 Å². The van der Waals surface area contributed by atoms with Crippen LogP contribution < -0.4 is 5.32 Å². The summed E-state index contributed by atoms with van der Waals surface area (Å²) in [6.45, 7) is 8.49. The molecule has 1 fully saturated rings. The molecule has 1 aliphatic heterocycles. The van der Waals surface area contributed by atoms with Crippen LogP contribution in [0.15, 0.2) is 0 Å². The molecule has 1 heterocycles. The second kappa shape index (κ2) is 6.76. The summed E-state index contributed by atoms with van der Waals surface area (Å²) < 4.78 is 5.55. The van der Waals surface area contributed by atoms with Crippen LogP contribution in [0, 0.1) is 11.8 Å². The summed E-state index contributed by atoms with van der Waals surface area (Å²) >= 11 is 0. The molecule has 1 saturated heterocycles. The zero-order chi connectivity index (χ0) is 13.7. The second-order valence-corrected chi connectivity index (χ2v) is 5.98. The highest BCUT2D eigenvalue weighted by atomic mass is 16.5. The van der Waals surface area contributed by atoms with Crippen LogP contribution in [0.4, 0.5) is 0 Å². The molecule has 0 saturated carbocycles. The molecule has 1 atom stereocenters. The van der Waals surface area contributed by atoms with Crippen molar-refractivity contribution in [3.05, 3.63) is 0 Å². The first-order valence-electron chi connectivity index (χ1n) is 6.88. The third kappa shape index (κ3) is 5.07. The van der Waals surface area contributed by atoms with Crippen molar-refractivity contribution in [3.8, 4) is 0 Å². The van der Waals surface area contributed by atoms with Crippen LogP contribution >= 0.6 is 0 Å². The summed E-state index contributed by atoms with van der Waals surface area (Å²) in [4.78, 5) is 23.0. The maximum atomic E-state index is 11.9. The number of amides is 1. The molecule has 1 amide bonds. The summed E-state index contributed by atoms with van der Waals surface area (Å²) in [6, 6.07) is -0.431. The fraction of sp³-hybridized carbons (Fsp3) is 0.857. The van der Waals surface area contributed by atoms with Crippen molar-refractivity contribution in [2.24, 2.45) is 11.8 Å². The molecule has 18 heavy (non-hydrogen) atoms. The van der Waals surface area contributed by atoms with Gasteiger partial charge in [0.05, 0.1) is 0 Å². The van der Waals surface area contributed by atoms with Gasteiger partial charge in [0.2, 0.25) is 5.91 Å². The number of hydrogen-bond acceptors (Lipinski definition) is 3. The van der Waals surface area contributed by atoms with Crippen LogP contribution in [0.2, 0.25) is 0 Å². The molecule has 0 aromatic carbocycles. The minimum absolute atomic E-state index is 0.0324. The lowest BCUT2D eigenvalue weighted by molar-refractivity contribution is -0.153. The van der Waals surface area contributed by atoms with Crippen molar-refractivity contribution in [2.45, 2.75) is 65.5 Å².